The standard InChI is InChI=1S/C37H34F2N6O6/c1-6-43-30-18-28(23-20-41-44(21-23)36(48)51-37(3,4)5)32(16-22(30)19-40-43)50-31-14-10-25(17-29(31)39)42-34(46)27-13-15-33(49-7-2)45(35(27)47)26-11-8-24(38)9-12-26/h8-21H,6-7H2,1-5H3,(H,42,46). The number of amides is 1. The minimum atomic E-state index is -0.803. The topological polar surface area (TPSA) is 132 Å². The fourth-order valence-corrected chi connectivity index (χ4v) is 5.30. The average Bonchev–Trinajstić information content (AvgIpc) is 3.73. The minimum absolute atomic E-state index is 0.0602. The summed E-state index contributed by atoms with van der Waals surface area (Å²) in [6.45, 7) is 9.77. The summed E-state index contributed by atoms with van der Waals surface area (Å²) in [6.07, 6.45) is 3.97. The van der Waals surface area contributed by atoms with E-state index in [1.54, 1.807) is 44.6 Å². The number of nitrogens with one attached hydrogen (secondary N) is 1. The van der Waals surface area contributed by atoms with Crippen LogP contribution in [0.2, 0.25) is 0 Å². The monoisotopic (exact) mass is 696 g/mol. The van der Waals surface area contributed by atoms with Crippen molar-refractivity contribution in [1.82, 2.24) is 24.1 Å². The lowest BCUT2D eigenvalue weighted by Crippen LogP contribution is -2.29. The molecule has 3 heterocycles. The number of pyridine rings is 1. The number of hydrogen-bond donors (Lipinski definition) is 1. The van der Waals surface area contributed by atoms with E-state index in [1.165, 1.54) is 60.9 Å². The van der Waals surface area contributed by atoms with Gasteiger partial charge in [0, 0.05) is 41.0 Å². The van der Waals surface area contributed by atoms with Gasteiger partial charge in [0.05, 0.1) is 30.2 Å². The van der Waals surface area contributed by atoms with Gasteiger partial charge in [-0.25, -0.2) is 18.1 Å². The van der Waals surface area contributed by atoms with Crippen LogP contribution >= 0.6 is 0 Å². The Hall–Kier alpha value is -6.31. The molecule has 0 saturated heterocycles. The van der Waals surface area contributed by atoms with Crippen molar-refractivity contribution in [2.75, 3.05) is 11.9 Å². The maximum Gasteiger partial charge on any atom is 0.435 e. The van der Waals surface area contributed by atoms with Crippen LogP contribution in [0.1, 0.15) is 45.0 Å². The van der Waals surface area contributed by atoms with Crippen molar-refractivity contribution >= 4 is 28.6 Å². The summed E-state index contributed by atoms with van der Waals surface area (Å²) in [4.78, 5) is 39.4. The number of fused-ring (bicyclic) bond motifs is 1. The molecule has 3 aromatic heterocycles. The predicted octanol–water partition coefficient (Wildman–Crippen LogP) is 7.58. The van der Waals surface area contributed by atoms with Crippen molar-refractivity contribution in [3.05, 3.63) is 113 Å². The number of hydrogen-bond acceptors (Lipinski definition) is 8. The summed E-state index contributed by atoms with van der Waals surface area (Å²) in [5, 5.41) is 11.9. The van der Waals surface area contributed by atoms with Crippen LogP contribution in [-0.4, -0.2) is 48.3 Å². The molecule has 262 valence electrons. The molecule has 0 saturated carbocycles. The molecule has 51 heavy (non-hydrogen) atoms. The Morgan fingerprint density at radius 2 is 1.67 bits per heavy atom. The predicted molar refractivity (Wildman–Crippen MR) is 186 cm³/mol. The maximum atomic E-state index is 15.6. The molecule has 3 aromatic carbocycles. The molecule has 0 aliphatic heterocycles. The Kier molecular flexibility index (Phi) is 9.42. The number of carbonyl (C=O) groups excluding carboxylic acids is 2. The summed E-state index contributed by atoms with van der Waals surface area (Å²) in [5.74, 6) is -1.83. The van der Waals surface area contributed by atoms with E-state index >= 15 is 4.39 Å². The number of ether oxygens (including phenoxy) is 3. The van der Waals surface area contributed by atoms with E-state index in [0.717, 1.165) is 26.2 Å². The zero-order valence-corrected chi connectivity index (χ0v) is 28.4. The van der Waals surface area contributed by atoms with Gasteiger partial charge in [-0.1, -0.05) is 0 Å². The minimum Gasteiger partial charge on any atom is -0.479 e. The van der Waals surface area contributed by atoms with Crippen LogP contribution in [0.4, 0.5) is 19.3 Å². The van der Waals surface area contributed by atoms with Gasteiger partial charge in [-0.2, -0.15) is 14.9 Å². The average molecular weight is 697 g/mol. The largest absolute Gasteiger partial charge is 0.479 e. The second-order valence-corrected chi connectivity index (χ2v) is 12.4. The first kappa shape index (κ1) is 34.5. The molecule has 0 atom stereocenters. The summed E-state index contributed by atoms with van der Waals surface area (Å²) < 4.78 is 50.3. The Morgan fingerprint density at radius 3 is 2.35 bits per heavy atom. The Bertz CT molecular complexity index is 2320. The first-order valence-electron chi connectivity index (χ1n) is 16.1. The molecule has 0 aliphatic rings. The van der Waals surface area contributed by atoms with E-state index in [0.29, 0.717) is 23.4 Å². The Morgan fingerprint density at radius 1 is 0.902 bits per heavy atom. The second-order valence-electron chi connectivity index (χ2n) is 12.4. The number of nitrogens with zero attached hydrogens (tertiary/aromatic N) is 5. The molecule has 0 bridgehead atoms. The van der Waals surface area contributed by atoms with Gasteiger partial charge >= 0.3 is 6.09 Å². The van der Waals surface area contributed by atoms with Crippen molar-refractivity contribution in [1.29, 1.82) is 0 Å². The lowest BCUT2D eigenvalue weighted by atomic mass is 10.1. The number of aryl methyl sites for hydroxylation is 1. The Labute approximate surface area is 290 Å². The zero-order chi connectivity index (χ0) is 36.4. The van der Waals surface area contributed by atoms with Crippen LogP contribution in [0, 0.1) is 11.6 Å². The fraction of sp³-hybridized carbons (Fsp3) is 0.216. The van der Waals surface area contributed by atoms with Crippen LogP contribution in [0.5, 0.6) is 17.4 Å². The molecule has 12 nitrogen and oxygen atoms in total. The van der Waals surface area contributed by atoms with E-state index in [2.05, 4.69) is 15.5 Å². The number of benzene rings is 3. The highest BCUT2D eigenvalue weighted by Gasteiger charge is 2.22. The normalized spacial score (nSPS) is 11.4. The van der Waals surface area contributed by atoms with Crippen molar-refractivity contribution < 1.29 is 32.6 Å². The van der Waals surface area contributed by atoms with Gasteiger partial charge in [-0.15, -0.1) is 0 Å². The van der Waals surface area contributed by atoms with Crippen molar-refractivity contribution in [2.45, 2.75) is 46.8 Å². The third-order valence-corrected chi connectivity index (χ3v) is 7.59. The van der Waals surface area contributed by atoms with Crippen LogP contribution < -0.4 is 20.3 Å². The number of aromatic nitrogens is 5. The van der Waals surface area contributed by atoms with Gasteiger partial charge < -0.3 is 19.5 Å². The third kappa shape index (κ3) is 7.34. The molecule has 0 radical (unpaired) electrons. The van der Waals surface area contributed by atoms with Gasteiger partial charge in [-0.3, -0.25) is 14.3 Å². The number of anilines is 1. The zero-order valence-electron chi connectivity index (χ0n) is 28.4. The Balaban J connectivity index is 1.29. The summed E-state index contributed by atoms with van der Waals surface area (Å²) in [7, 11) is 0. The lowest BCUT2D eigenvalue weighted by molar-refractivity contribution is 0.0514. The van der Waals surface area contributed by atoms with E-state index in [4.69, 9.17) is 14.2 Å². The van der Waals surface area contributed by atoms with E-state index in [9.17, 15) is 18.8 Å². The van der Waals surface area contributed by atoms with E-state index < -0.39 is 34.8 Å². The van der Waals surface area contributed by atoms with Crippen LogP contribution in [0.25, 0.3) is 27.7 Å². The highest BCUT2D eigenvalue weighted by Crippen LogP contribution is 2.38. The van der Waals surface area contributed by atoms with Gasteiger partial charge in [0.2, 0.25) is 5.88 Å². The molecule has 14 heteroatoms. The fourth-order valence-electron chi connectivity index (χ4n) is 5.30. The summed E-state index contributed by atoms with van der Waals surface area (Å²) >= 11 is 0. The summed E-state index contributed by atoms with van der Waals surface area (Å²) in [6, 6.07) is 15.3. The first-order valence-corrected chi connectivity index (χ1v) is 16.1. The number of carbonyl (C=O) groups is 2. The van der Waals surface area contributed by atoms with E-state index in [-0.39, 0.29) is 35.2 Å². The molecule has 0 unspecified atom stereocenters. The first-order chi connectivity index (χ1) is 24.3. The van der Waals surface area contributed by atoms with Crippen LogP contribution in [0.15, 0.2) is 90.1 Å². The van der Waals surface area contributed by atoms with E-state index in [1.807, 2.05) is 13.0 Å². The molecule has 6 rings (SSSR count). The maximum absolute atomic E-state index is 15.6. The van der Waals surface area contributed by atoms with Crippen molar-refractivity contribution in [3.63, 3.8) is 0 Å². The number of rotatable bonds is 9. The van der Waals surface area contributed by atoms with Gasteiger partial charge in [0.15, 0.2) is 11.6 Å². The smallest absolute Gasteiger partial charge is 0.435 e. The van der Waals surface area contributed by atoms with Gasteiger partial charge in [0.25, 0.3) is 11.5 Å². The van der Waals surface area contributed by atoms with Crippen molar-refractivity contribution in [2.24, 2.45) is 0 Å². The number of halogens is 2. The lowest BCUT2D eigenvalue weighted by Gasteiger charge is -2.18. The summed E-state index contributed by atoms with van der Waals surface area (Å²) in [5.41, 5.74) is 0.468. The molecule has 0 spiro atoms. The molecule has 6 aromatic rings. The van der Waals surface area contributed by atoms with Crippen LogP contribution in [0.3, 0.4) is 0 Å². The molecular weight excluding hydrogens is 662 g/mol. The SMILES string of the molecule is CCOc1ccc(C(=O)Nc2ccc(Oc3cc4cnn(CC)c4cc3-c3cnn(C(=O)OC(C)(C)C)c3)c(F)c2)c(=O)n1-c1ccc(F)cc1. The third-order valence-electron chi connectivity index (χ3n) is 7.59. The van der Waals surface area contributed by atoms with Gasteiger partial charge in [-0.05, 0) is 95.3 Å². The molecule has 0 aliphatic carbocycles. The van der Waals surface area contributed by atoms with Gasteiger partial charge in [0.1, 0.15) is 22.7 Å². The van der Waals surface area contributed by atoms with Crippen molar-refractivity contribution in [3.8, 4) is 34.2 Å². The highest BCUT2D eigenvalue weighted by molar-refractivity contribution is 6.04. The quantitative estimate of drug-likeness (QED) is 0.164. The molecule has 0 fully saturated rings. The highest BCUT2D eigenvalue weighted by atomic mass is 19.1. The molecular formula is C37H34F2N6O6. The molecule has 1 N–H and O–H groups in total. The molecule has 1 amide bonds. The second kappa shape index (κ2) is 13.9. The van der Waals surface area contributed by atoms with Crippen LogP contribution in [-0.2, 0) is 11.3 Å².